The first kappa shape index (κ1) is 24.3. The molecule has 3 rings (SSSR count). The van der Waals surface area contributed by atoms with Crippen molar-refractivity contribution in [2.24, 2.45) is 5.92 Å². The summed E-state index contributed by atoms with van der Waals surface area (Å²) in [5, 5.41) is 15.5. The van der Waals surface area contributed by atoms with Crippen LogP contribution in [0.2, 0.25) is 0 Å². The normalized spacial score (nSPS) is 16.2. The number of rotatable bonds is 7. The number of carboxylic acid groups (broad SMARTS) is 1. The highest BCUT2D eigenvalue weighted by Crippen LogP contribution is 2.27. The van der Waals surface area contributed by atoms with Crippen LogP contribution < -0.4 is 10.6 Å². The molecule has 2 aromatic carbocycles. The standard InChI is InChI=1S/C26H33N3O4/c1-17(2)22(27-23(30)20-7-5-6-18(3)16-20)24(31)29-14-12-26(4,13-15-29)28-21-10-8-19(9-11-21)25(32)33/h5-11,16-17,22,28H,12-15H2,1-4H3,(H,27,30)(H,32,33)/t22-/m1/s1. The van der Waals surface area contributed by atoms with Gasteiger partial charge in [-0.15, -0.1) is 0 Å². The number of anilines is 1. The molecule has 0 aliphatic carbocycles. The predicted octanol–water partition coefficient (Wildman–Crippen LogP) is 3.94. The Balaban J connectivity index is 1.61. The second kappa shape index (κ2) is 10.1. The molecule has 1 heterocycles. The average molecular weight is 452 g/mol. The predicted molar refractivity (Wildman–Crippen MR) is 129 cm³/mol. The molecule has 0 radical (unpaired) electrons. The van der Waals surface area contributed by atoms with Crippen molar-refractivity contribution in [2.75, 3.05) is 18.4 Å². The number of aryl methyl sites for hydroxylation is 1. The van der Waals surface area contributed by atoms with E-state index in [9.17, 15) is 14.4 Å². The lowest BCUT2D eigenvalue weighted by atomic mass is 9.88. The molecule has 0 bridgehead atoms. The molecule has 176 valence electrons. The van der Waals surface area contributed by atoms with Crippen LogP contribution in [0.3, 0.4) is 0 Å². The van der Waals surface area contributed by atoms with E-state index in [-0.39, 0.29) is 28.8 Å². The van der Waals surface area contributed by atoms with E-state index in [0.29, 0.717) is 18.7 Å². The molecule has 0 aromatic heterocycles. The Morgan fingerprint density at radius 1 is 1.00 bits per heavy atom. The number of hydrogen-bond donors (Lipinski definition) is 3. The lowest BCUT2D eigenvalue weighted by Crippen LogP contribution is -2.56. The number of nitrogens with one attached hydrogen (secondary N) is 2. The fraction of sp³-hybridized carbons (Fsp3) is 0.423. The van der Waals surface area contributed by atoms with E-state index in [1.54, 1.807) is 30.3 Å². The maximum atomic E-state index is 13.3. The quantitative estimate of drug-likeness (QED) is 0.592. The topological polar surface area (TPSA) is 98.7 Å². The molecule has 0 saturated carbocycles. The van der Waals surface area contributed by atoms with Gasteiger partial charge in [-0.25, -0.2) is 4.79 Å². The summed E-state index contributed by atoms with van der Waals surface area (Å²) in [5.74, 6) is -1.28. The zero-order chi connectivity index (χ0) is 24.2. The molecule has 3 N–H and O–H groups in total. The van der Waals surface area contributed by atoms with Gasteiger partial charge in [-0.1, -0.05) is 31.5 Å². The van der Waals surface area contributed by atoms with Crippen molar-refractivity contribution >= 4 is 23.5 Å². The highest BCUT2D eigenvalue weighted by Gasteiger charge is 2.35. The average Bonchev–Trinajstić information content (AvgIpc) is 2.77. The summed E-state index contributed by atoms with van der Waals surface area (Å²) in [4.78, 5) is 38.9. The smallest absolute Gasteiger partial charge is 0.335 e. The molecule has 1 fully saturated rings. The Bertz CT molecular complexity index is 1010. The van der Waals surface area contributed by atoms with Gasteiger partial charge in [0.15, 0.2) is 0 Å². The van der Waals surface area contributed by atoms with Gasteiger partial charge in [-0.3, -0.25) is 9.59 Å². The minimum atomic E-state index is -0.950. The minimum Gasteiger partial charge on any atom is -0.478 e. The third-order valence-electron chi connectivity index (χ3n) is 6.26. The number of carbonyl (C=O) groups excluding carboxylic acids is 2. The van der Waals surface area contributed by atoms with Gasteiger partial charge in [0.05, 0.1) is 5.56 Å². The maximum absolute atomic E-state index is 13.3. The first-order valence-corrected chi connectivity index (χ1v) is 11.4. The van der Waals surface area contributed by atoms with Crippen LogP contribution in [0, 0.1) is 12.8 Å². The number of carbonyl (C=O) groups is 3. The molecule has 33 heavy (non-hydrogen) atoms. The number of nitrogens with zero attached hydrogens (tertiary/aromatic N) is 1. The highest BCUT2D eigenvalue weighted by atomic mass is 16.4. The van der Waals surface area contributed by atoms with E-state index in [4.69, 9.17) is 5.11 Å². The molecule has 2 amide bonds. The van der Waals surface area contributed by atoms with Gasteiger partial charge in [0.2, 0.25) is 5.91 Å². The summed E-state index contributed by atoms with van der Waals surface area (Å²) in [6.45, 7) is 9.09. The van der Waals surface area contributed by atoms with Crippen LogP contribution in [0.25, 0.3) is 0 Å². The van der Waals surface area contributed by atoms with Crippen LogP contribution in [0.5, 0.6) is 0 Å². The van der Waals surface area contributed by atoms with Crippen molar-refractivity contribution in [3.63, 3.8) is 0 Å². The summed E-state index contributed by atoms with van der Waals surface area (Å²) in [6, 6.07) is 13.4. The van der Waals surface area contributed by atoms with E-state index in [0.717, 1.165) is 24.1 Å². The van der Waals surface area contributed by atoms with E-state index in [1.165, 1.54) is 0 Å². The first-order chi connectivity index (χ1) is 15.6. The minimum absolute atomic E-state index is 0.0366. The molecule has 1 saturated heterocycles. The van der Waals surface area contributed by atoms with Gasteiger partial charge in [-0.05, 0) is 69.0 Å². The van der Waals surface area contributed by atoms with E-state index < -0.39 is 12.0 Å². The molecule has 7 heteroatoms. The summed E-state index contributed by atoms with van der Waals surface area (Å²) >= 11 is 0. The van der Waals surface area contributed by atoms with Crippen molar-refractivity contribution in [3.8, 4) is 0 Å². The van der Waals surface area contributed by atoms with E-state index >= 15 is 0 Å². The maximum Gasteiger partial charge on any atom is 0.335 e. The third-order valence-corrected chi connectivity index (χ3v) is 6.26. The highest BCUT2D eigenvalue weighted by molar-refractivity contribution is 5.97. The third kappa shape index (κ3) is 6.12. The summed E-state index contributed by atoms with van der Waals surface area (Å²) in [6.07, 6.45) is 1.49. The number of carboxylic acids is 1. The SMILES string of the molecule is Cc1cccc(C(=O)N[C@@H](C(=O)N2CCC(C)(Nc3ccc(C(=O)O)cc3)CC2)C(C)C)c1. The van der Waals surface area contributed by atoms with Gasteiger partial charge in [0.1, 0.15) is 6.04 Å². The number of piperidine rings is 1. The lowest BCUT2D eigenvalue weighted by molar-refractivity contribution is -0.135. The second-order valence-corrected chi connectivity index (χ2v) is 9.46. The molecule has 0 unspecified atom stereocenters. The van der Waals surface area contributed by atoms with Crippen LogP contribution in [-0.2, 0) is 4.79 Å². The lowest BCUT2D eigenvalue weighted by Gasteiger charge is -2.42. The van der Waals surface area contributed by atoms with Gasteiger partial charge in [-0.2, -0.15) is 0 Å². The molecule has 2 aromatic rings. The van der Waals surface area contributed by atoms with Crippen LogP contribution in [0.4, 0.5) is 5.69 Å². The largest absolute Gasteiger partial charge is 0.478 e. The number of benzene rings is 2. The Hall–Kier alpha value is -3.35. The zero-order valence-electron chi connectivity index (χ0n) is 19.7. The van der Waals surface area contributed by atoms with Crippen molar-refractivity contribution in [1.29, 1.82) is 0 Å². The van der Waals surface area contributed by atoms with Crippen LogP contribution in [0.15, 0.2) is 48.5 Å². The van der Waals surface area contributed by atoms with E-state index in [1.807, 2.05) is 43.9 Å². The Morgan fingerprint density at radius 2 is 1.64 bits per heavy atom. The molecule has 1 aliphatic heterocycles. The Morgan fingerprint density at radius 3 is 2.18 bits per heavy atom. The zero-order valence-corrected chi connectivity index (χ0v) is 19.7. The van der Waals surface area contributed by atoms with Crippen LogP contribution >= 0.6 is 0 Å². The van der Waals surface area contributed by atoms with Gasteiger partial charge in [0.25, 0.3) is 5.91 Å². The van der Waals surface area contributed by atoms with Crippen LogP contribution in [0.1, 0.15) is 59.9 Å². The van der Waals surface area contributed by atoms with E-state index in [2.05, 4.69) is 17.6 Å². The summed E-state index contributed by atoms with van der Waals surface area (Å²) in [7, 11) is 0. The van der Waals surface area contributed by atoms with Crippen molar-refractivity contribution in [1.82, 2.24) is 10.2 Å². The molecular formula is C26H33N3O4. The fourth-order valence-electron chi connectivity index (χ4n) is 4.11. The number of aromatic carboxylic acids is 1. The summed E-state index contributed by atoms with van der Waals surface area (Å²) < 4.78 is 0. The molecule has 7 nitrogen and oxygen atoms in total. The van der Waals surface area contributed by atoms with Gasteiger partial charge >= 0.3 is 5.97 Å². The Kier molecular flexibility index (Phi) is 7.41. The number of amides is 2. The number of likely N-dealkylation sites (tertiary alicyclic amines) is 1. The van der Waals surface area contributed by atoms with Gasteiger partial charge in [0, 0.05) is 29.9 Å². The summed E-state index contributed by atoms with van der Waals surface area (Å²) in [5.41, 5.74) is 2.44. The molecule has 1 atom stereocenters. The van der Waals surface area contributed by atoms with Gasteiger partial charge < -0.3 is 20.6 Å². The second-order valence-electron chi connectivity index (χ2n) is 9.46. The first-order valence-electron chi connectivity index (χ1n) is 11.4. The number of hydrogen-bond acceptors (Lipinski definition) is 4. The van der Waals surface area contributed by atoms with Crippen molar-refractivity contribution < 1.29 is 19.5 Å². The monoisotopic (exact) mass is 451 g/mol. The molecular weight excluding hydrogens is 418 g/mol. The Labute approximate surface area is 195 Å². The van der Waals surface area contributed by atoms with Crippen molar-refractivity contribution in [2.45, 2.75) is 52.1 Å². The fourth-order valence-corrected chi connectivity index (χ4v) is 4.11. The van der Waals surface area contributed by atoms with Crippen molar-refractivity contribution in [3.05, 3.63) is 65.2 Å². The van der Waals surface area contributed by atoms with Crippen LogP contribution in [-0.4, -0.2) is 52.5 Å². The molecule has 0 spiro atoms. The molecule has 1 aliphatic rings.